The molecule has 0 aromatic carbocycles. The summed E-state index contributed by atoms with van der Waals surface area (Å²) < 4.78 is 0. The van der Waals surface area contributed by atoms with E-state index in [0.717, 1.165) is 30.2 Å². The van der Waals surface area contributed by atoms with Crippen LogP contribution < -0.4 is 5.32 Å². The lowest BCUT2D eigenvalue weighted by atomic mass is 10.3. The van der Waals surface area contributed by atoms with Gasteiger partial charge in [-0.25, -0.2) is 4.98 Å². The average molecular weight is 220 g/mol. The summed E-state index contributed by atoms with van der Waals surface area (Å²) in [5.74, 6) is 0.816. The van der Waals surface area contributed by atoms with Gasteiger partial charge < -0.3 is 5.32 Å². The van der Waals surface area contributed by atoms with E-state index in [1.807, 2.05) is 24.6 Å². The molecule has 4 nitrogen and oxygen atoms in total. The molecule has 78 valence electrons. The first kappa shape index (κ1) is 10.0. The van der Waals surface area contributed by atoms with Crippen LogP contribution in [0.5, 0.6) is 0 Å². The minimum Gasteiger partial charge on any atom is -0.368 e. The molecule has 0 aliphatic heterocycles. The SMILES string of the molecule is Cc1ccc(NCCc2cscn2)nn1. The van der Waals surface area contributed by atoms with E-state index in [1.54, 1.807) is 11.3 Å². The van der Waals surface area contributed by atoms with Crippen molar-refractivity contribution in [2.24, 2.45) is 0 Å². The van der Waals surface area contributed by atoms with Crippen molar-refractivity contribution in [1.82, 2.24) is 15.2 Å². The van der Waals surface area contributed by atoms with Crippen molar-refractivity contribution in [1.29, 1.82) is 0 Å². The number of hydrogen-bond acceptors (Lipinski definition) is 5. The second-order valence-corrected chi connectivity index (χ2v) is 3.94. The van der Waals surface area contributed by atoms with Gasteiger partial charge in [-0.1, -0.05) is 0 Å². The Labute approximate surface area is 92.4 Å². The minimum atomic E-state index is 0.816. The summed E-state index contributed by atoms with van der Waals surface area (Å²) in [7, 11) is 0. The van der Waals surface area contributed by atoms with E-state index in [4.69, 9.17) is 0 Å². The van der Waals surface area contributed by atoms with Crippen LogP contribution in [0.15, 0.2) is 23.0 Å². The van der Waals surface area contributed by atoms with Crippen molar-refractivity contribution in [3.8, 4) is 0 Å². The van der Waals surface area contributed by atoms with Gasteiger partial charge in [-0.05, 0) is 19.1 Å². The Balaban J connectivity index is 1.81. The molecule has 0 amide bonds. The van der Waals surface area contributed by atoms with E-state index in [2.05, 4.69) is 25.9 Å². The van der Waals surface area contributed by atoms with Crippen LogP contribution in [0.25, 0.3) is 0 Å². The van der Waals surface area contributed by atoms with Gasteiger partial charge in [0.2, 0.25) is 0 Å². The van der Waals surface area contributed by atoms with Gasteiger partial charge in [0, 0.05) is 18.3 Å². The first-order chi connectivity index (χ1) is 7.34. The standard InChI is InChI=1S/C10H12N4S/c1-8-2-3-10(14-13-8)11-5-4-9-6-15-7-12-9/h2-3,6-7H,4-5H2,1H3,(H,11,14). The molecule has 0 saturated heterocycles. The summed E-state index contributed by atoms with van der Waals surface area (Å²) in [4.78, 5) is 4.20. The zero-order valence-corrected chi connectivity index (χ0v) is 9.29. The highest BCUT2D eigenvalue weighted by molar-refractivity contribution is 7.07. The molecule has 0 fully saturated rings. The molecule has 0 aliphatic rings. The van der Waals surface area contributed by atoms with Crippen molar-refractivity contribution in [2.45, 2.75) is 13.3 Å². The predicted octanol–water partition coefficient (Wildman–Crippen LogP) is 1.90. The van der Waals surface area contributed by atoms with Crippen molar-refractivity contribution >= 4 is 17.2 Å². The highest BCUT2D eigenvalue weighted by atomic mass is 32.1. The molecule has 2 heterocycles. The van der Waals surface area contributed by atoms with Gasteiger partial charge in [0.1, 0.15) is 5.82 Å². The van der Waals surface area contributed by atoms with E-state index in [1.165, 1.54) is 0 Å². The fraction of sp³-hybridized carbons (Fsp3) is 0.300. The summed E-state index contributed by atoms with van der Waals surface area (Å²) in [6, 6.07) is 3.88. The van der Waals surface area contributed by atoms with Crippen molar-refractivity contribution < 1.29 is 0 Å². The number of aryl methyl sites for hydroxylation is 1. The van der Waals surface area contributed by atoms with Gasteiger partial charge in [-0.3, -0.25) is 0 Å². The number of nitrogens with zero attached hydrogens (tertiary/aromatic N) is 3. The molecule has 0 saturated carbocycles. The first-order valence-electron chi connectivity index (χ1n) is 4.76. The maximum Gasteiger partial charge on any atom is 0.148 e. The Morgan fingerprint density at radius 3 is 2.93 bits per heavy atom. The zero-order chi connectivity index (χ0) is 10.5. The largest absolute Gasteiger partial charge is 0.368 e. The van der Waals surface area contributed by atoms with Crippen LogP contribution >= 0.6 is 11.3 Å². The van der Waals surface area contributed by atoms with Gasteiger partial charge in [0.15, 0.2) is 0 Å². The normalized spacial score (nSPS) is 10.2. The number of thiazole rings is 1. The molecule has 0 spiro atoms. The number of hydrogen-bond donors (Lipinski definition) is 1. The summed E-state index contributed by atoms with van der Waals surface area (Å²) in [6.07, 6.45) is 0.916. The molecular formula is C10H12N4S. The Kier molecular flexibility index (Phi) is 3.24. The van der Waals surface area contributed by atoms with Crippen LogP contribution in [-0.2, 0) is 6.42 Å². The first-order valence-corrected chi connectivity index (χ1v) is 5.70. The van der Waals surface area contributed by atoms with Crippen LogP contribution in [0.3, 0.4) is 0 Å². The third-order valence-corrected chi connectivity index (χ3v) is 2.60. The molecule has 0 atom stereocenters. The molecule has 0 bridgehead atoms. The smallest absolute Gasteiger partial charge is 0.148 e. The van der Waals surface area contributed by atoms with E-state index in [-0.39, 0.29) is 0 Å². The van der Waals surface area contributed by atoms with Gasteiger partial charge in [-0.2, -0.15) is 5.10 Å². The second kappa shape index (κ2) is 4.84. The third-order valence-electron chi connectivity index (χ3n) is 1.97. The fourth-order valence-electron chi connectivity index (χ4n) is 1.17. The van der Waals surface area contributed by atoms with E-state index >= 15 is 0 Å². The molecule has 15 heavy (non-hydrogen) atoms. The maximum absolute atomic E-state index is 4.20. The van der Waals surface area contributed by atoms with Gasteiger partial charge in [0.05, 0.1) is 16.9 Å². The minimum absolute atomic E-state index is 0.816. The van der Waals surface area contributed by atoms with Crippen LogP contribution in [0.4, 0.5) is 5.82 Å². The Morgan fingerprint density at radius 2 is 2.27 bits per heavy atom. The highest BCUT2D eigenvalue weighted by Gasteiger charge is 1.96. The molecule has 2 aromatic rings. The summed E-state index contributed by atoms with van der Waals surface area (Å²) in [5.41, 5.74) is 3.90. The highest BCUT2D eigenvalue weighted by Crippen LogP contribution is 2.04. The van der Waals surface area contributed by atoms with Crippen LogP contribution in [0.2, 0.25) is 0 Å². The summed E-state index contributed by atoms with van der Waals surface area (Å²) in [5, 5.41) is 13.2. The Hall–Kier alpha value is -1.49. The number of rotatable bonds is 4. The zero-order valence-electron chi connectivity index (χ0n) is 8.47. The molecule has 0 unspecified atom stereocenters. The second-order valence-electron chi connectivity index (χ2n) is 3.22. The van der Waals surface area contributed by atoms with Crippen LogP contribution in [0.1, 0.15) is 11.4 Å². The molecular weight excluding hydrogens is 208 g/mol. The quantitative estimate of drug-likeness (QED) is 0.855. The molecule has 0 aliphatic carbocycles. The summed E-state index contributed by atoms with van der Waals surface area (Å²) >= 11 is 1.62. The van der Waals surface area contributed by atoms with Crippen LogP contribution in [0, 0.1) is 6.92 Å². The van der Waals surface area contributed by atoms with E-state index < -0.39 is 0 Å². The number of aromatic nitrogens is 3. The number of anilines is 1. The number of nitrogens with one attached hydrogen (secondary N) is 1. The van der Waals surface area contributed by atoms with Crippen LogP contribution in [-0.4, -0.2) is 21.7 Å². The van der Waals surface area contributed by atoms with E-state index in [0.29, 0.717) is 0 Å². The maximum atomic E-state index is 4.20. The molecule has 0 radical (unpaired) electrons. The Morgan fingerprint density at radius 1 is 1.33 bits per heavy atom. The monoisotopic (exact) mass is 220 g/mol. The van der Waals surface area contributed by atoms with Gasteiger partial charge in [-0.15, -0.1) is 16.4 Å². The topological polar surface area (TPSA) is 50.7 Å². The molecule has 2 aromatic heterocycles. The summed E-state index contributed by atoms with van der Waals surface area (Å²) in [6.45, 7) is 2.76. The third kappa shape index (κ3) is 2.99. The lowest BCUT2D eigenvalue weighted by Gasteiger charge is -2.02. The predicted molar refractivity (Wildman–Crippen MR) is 61.1 cm³/mol. The molecule has 2 rings (SSSR count). The van der Waals surface area contributed by atoms with Crippen molar-refractivity contribution in [3.05, 3.63) is 34.4 Å². The van der Waals surface area contributed by atoms with E-state index in [9.17, 15) is 0 Å². The average Bonchev–Trinajstić information content (AvgIpc) is 2.74. The fourth-order valence-corrected chi connectivity index (χ4v) is 1.77. The lowest BCUT2D eigenvalue weighted by Crippen LogP contribution is -2.07. The van der Waals surface area contributed by atoms with Crippen molar-refractivity contribution in [3.63, 3.8) is 0 Å². The lowest BCUT2D eigenvalue weighted by molar-refractivity contribution is 0.931. The van der Waals surface area contributed by atoms with Gasteiger partial charge >= 0.3 is 0 Å². The molecule has 1 N–H and O–H groups in total. The van der Waals surface area contributed by atoms with Gasteiger partial charge in [0.25, 0.3) is 0 Å². The molecule has 5 heteroatoms. The Bertz CT molecular complexity index is 396. The van der Waals surface area contributed by atoms with Crippen molar-refractivity contribution in [2.75, 3.05) is 11.9 Å².